The third-order valence-corrected chi connectivity index (χ3v) is 2.00. The van der Waals surface area contributed by atoms with Gasteiger partial charge in [-0.05, 0) is 19.8 Å². The van der Waals surface area contributed by atoms with Crippen LogP contribution in [-0.2, 0) is 4.74 Å². The average Bonchev–Trinajstić information content (AvgIpc) is 2.39. The Morgan fingerprint density at radius 3 is 2.82 bits per heavy atom. The van der Waals surface area contributed by atoms with Gasteiger partial charge in [-0.25, -0.2) is 5.43 Å². The van der Waals surface area contributed by atoms with Crippen LogP contribution in [0.25, 0.3) is 0 Å². The van der Waals surface area contributed by atoms with E-state index < -0.39 is 0 Å². The van der Waals surface area contributed by atoms with E-state index in [1.807, 2.05) is 6.92 Å². The van der Waals surface area contributed by atoms with Gasteiger partial charge in [0.25, 0.3) is 0 Å². The lowest BCUT2D eigenvalue weighted by atomic mass is 10.1. The Morgan fingerprint density at radius 2 is 2.45 bits per heavy atom. The van der Waals surface area contributed by atoms with Crippen molar-refractivity contribution in [2.45, 2.75) is 38.0 Å². The molecule has 3 atom stereocenters. The Hall–Kier alpha value is -0.560. The van der Waals surface area contributed by atoms with Gasteiger partial charge < -0.3 is 4.74 Å². The zero-order valence-electron chi connectivity index (χ0n) is 6.71. The Kier molecular flexibility index (Phi) is 2.89. The topological polar surface area (TPSA) is 47.3 Å². The molecule has 62 valence electrons. The molecule has 0 aromatic heterocycles. The molecule has 0 saturated carbocycles. The van der Waals surface area contributed by atoms with Crippen molar-refractivity contribution < 1.29 is 4.74 Å². The number of hydrazine groups is 1. The minimum Gasteiger partial charge on any atom is -0.373 e. The Morgan fingerprint density at radius 1 is 1.73 bits per heavy atom. The molecule has 11 heavy (non-hydrogen) atoms. The SMILES string of the molecule is C#CC(NN)C1CCC(C)O1. The summed E-state index contributed by atoms with van der Waals surface area (Å²) in [6, 6.07) is -0.139. The first-order chi connectivity index (χ1) is 5.27. The Labute approximate surface area is 67.3 Å². The van der Waals surface area contributed by atoms with Gasteiger partial charge in [0.05, 0.1) is 12.2 Å². The first kappa shape index (κ1) is 8.54. The van der Waals surface area contributed by atoms with E-state index in [4.69, 9.17) is 17.0 Å². The molecule has 1 fully saturated rings. The van der Waals surface area contributed by atoms with Crippen LogP contribution in [0.15, 0.2) is 0 Å². The number of ether oxygens (including phenoxy) is 1. The van der Waals surface area contributed by atoms with Gasteiger partial charge in [0.2, 0.25) is 0 Å². The highest BCUT2D eigenvalue weighted by molar-refractivity contribution is 5.03. The van der Waals surface area contributed by atoms with Crippen molar-refractivity contribution in [3.8, 4) is 12.3 Å². The lowest BCUT2D eigenvalue weighted by molar-refractivity contribution is 0.0437. The van der Waals surface area contributed by atoms with Gasteiger partial charge in [-0.15, -0.1) is 6.42 Å². The van der Waals surface area contributed by atoms with Crippen LogP contribution in [0.4, 0.5) is 0 Å². The van der Waals surface area contributed by atoms with Gasteiger partial charge in [0.1, 0.15) is 6.04 Å². The quantitative estimate of drug-likeness (QED) is 0.335. The highest BCUT2D eigenvalue weighted by Gasteiger charge is 2.27. The normalized spacial score (nSPS) is 33.2. The van der Waals surface area contributed by atoms with Crippen LogP contribution in [-0.4, -0.2) is 18.2 Å². The van der Waals surface area contributed by atoms with Gasteiger partial charge in [0, 0.05) is 0 Å². The highest BCUT2D eigenvalue weighted by atomic mass is 16.5. The van der Waals surface area contributed by atoms with Crippen molar-refractivity contribution in [2.24, 2.45) is 5.84 Å². The second-order valence-corrected chi connectivity index (χ2v) is 2.87. The standard InChI is InChI=1S/C8H14N2O/c1-3-7(10-9)8-5-4-6(2)11-8/h1,6-8,10H,4-5,9H2,2H3. The molecule has 0 aromatic carbocycles. The second-order valence-electron chi connectivity index (χ2n) is 2.87. The molecule has 3 heteroatoms. The van der Waals surface area contributed by atoms with Crippen molar-refractivity contribution in [3.63, 3.8) is 0 Å². The van der Waals surface area contributed by atoms with E-state index in [-0.39, 0.29) is 12.1 Å². The number of rotatable bonds is 2. The fourth-order valence-electron chi connectivity index (χ4n) is 1.34. The average molecular weight is 154 g/mol. The first-order valence-electron chi connectivity index (χ1n) is 3.85. The molecule has 1 heterocycles. The lowest BCUT2D eigenvalue weighted by Crippen LogP contribution is -2.42. The van der Waals surface area contributed by atoms with Crippen LogP contribution in [0.1, 0.15) is 19.8 Å². The fourth-order valence-corrected chi connectivity index (χ4v) is 1.34. The maximum absolute atomic E-state index is 5.52. The summed E-state index contributed by atoms with van der Waals surface area (Å²) in [7, 11) is 0. The fraction of sp³-hybridized carbons (Fsp3) is 0.750. The summed E-state index contributed by atoms with van der Waals surface area (Å²) in [6.07, 6.45) is 7.73. The molecule has 0 radical (unpaired) electrons. The molecule has 0 spiro atoms. The molecule has 0 bridgehead atoms. The van der Waals surface area contributed by atoms with Gasteiger partial charge in [-0.2, -0.15) is 0 Å². The molecule has 1 aliphatic rings. The maximum atomic E-state index is 5.52. The molecule has 3 unspecified atom stereocenters. The zero-order chi connectivity index (χ0) is 8.27. The van der Waals surface area contributed by atoms with E-state index >= 15 is 0 Å². The summed E-state index contributed by atoms with van der Waals surface area (Å²) in [6.45, 7) is 2.05. The molecule has 0 aromatic rings. The Balaban J connectivity index is 2.42. The summed E-state index contributed by atoms with van der Waals surface area (Å²) in [4.78, 5) is 0. The zero-order valence-corrected chi connectivity index (χ0v) is 6.71. The van der Waals surface area contributed by atoms with Gasteiger partial charge in [-0.3, -0.25) is 5.84 Å². The van der Waals surface area contributed by atoms with E-state index in [1.165, 1.54) is 0 Å². The maximum Gasteiger partial charge on any atom is 0.108 e. The molecule has 1 rings (SSSR count). The van der Waals surface area contributed by atoms with E-state index in [0.717, 1.165) is 12.8 Å². The predicted octanol–water partition coefficient (Wildman–Crippen LogP) is 0.0190. The first-order valence-corrected chi connectivity index (χ1v) is 3.85. The van der Waals surface area contributed by atoms with E-state index in [9.17, 15) is 0 Å². The number of nitrogens with two attached hydrogens (primary N) is 1. The van der Waals surface area contributed by atoms with Crippen molar-refractivity contribution in [3.05, 3.63) is 0 Å². The number of hydrogen-bond acceptors (Lipinski definition) is 3. The van der Waals surface area contributed by atoms with E-state index in [0.29, 0.717) is 6.10 Å². The summed E-state index contributed by atoms with van der Waals surface area (Å²) < 4.78 is 5.52. The van der Waals surface area contributed by atoms with E-state index in [2.05, 4.69) is 11.3 Å². The van der Waals surface area contributed by atoms with Crippen LogP contribution in [0.5, 0.6) is 0 Å². The molecule has 1 saturated heterocycles. The summed E-state index contributed by atoms with van der Waals surface area (Å²) in [5.41, 5.74) is 2.55. The van der Waals surface area contributed by atoms with Crippen molar-refractivity contribution >= 4 is 0 Å². The van der Waals surface area contributed by atoms with Crippen LogP contribution in [0.2, 0.25) is 0 Å². The highest BCUT2D eigenvalue weighted by Crippen LogP contribution is 2.20. The lowest BCUT2D eigenvalue weighted by Gasteiger charge is -2.16. The van der Waals surface area contributed by atoms with Crippen molar-refractivity contribution in [1.82, 2.24) is 5.43 Å². The molecular weight excluding hydrogens is 140 g/mol. The molecular formula is C8H14N2O. The molecule has 3 nitrogen and oxygen atoms in total. The van der Waals surface area contributed by atoms with Gasteiger partial charge >= 0.3 is 0 Å². The van der Waals surface area contributed by atoms with Crippen LogP contribution >= 0.6 is 0 Å². The molecule has 0 aliphatic carbocycles. The van der Waals surface area contributed by atoms with Gasteiger partial charge in [0.15, 0.2) is 0 Å². The number of nitrogens with one attached hydrogen (secondary N) is 1. The van der Waals surface area contributed by atoms with Crippen LogP contribution in [0.3, 0.4) is 0 Å². The Bertz CT molecular complexity index is 164. The minimum atomic E-state index is -0.139. The van der Waals surface area contributed by atoms with E-state index in [1.54, 1.807) is 0 Å². The summed E-state index contributed by atoms with van der Waals surface area (Å²) in [5, 5.41) is 0. The predicted molar refractivity (Wildman–Crippen MR) is 43.5 cm³/mol. The number of terminal acetylenes is 1. The van der Waals surface area contributed by atoms with Crippen LogP contribution < -0.4 is 11.3 Å². The van der Waals surface area contributed by atoms with Gasteiger partial charge in [-0.1, -0.05) is 5.92 Å². The molecule has 1 aliphatic heterocycles. The van der Waals surface area contributed by atoms with Crippen molar-refractivity contribution in [1.29, 1.82) is 0 Å². The third-order valence-electron chi connectivity index (χ3n) is 2.00. The van der Waals surface area contributed by atoms with Crippen molar-refractivity contribution in [2.75, 3.05) is 0 Å². The number of hydrogen-bond donors (Lipinski definition) is 2. The monoisotopic (exact) mass is 154 g/mol. The molecule has 0 amide bonds. The molecule has 3 N–H and O–H groups in total. The summed E-state index contributed by atoms with van der Waals surface area (Å²) in [5.74, 6) is 7.79. The largest absolute Gasteiger partial charge is 0.373 e. The third kappa shape index (κ3) is 1.93. The van der Waals surface area contributed by atoms with Crippen LogP contribution in [0, 0.1) is 12.3 Å². The minimum absolute atomic E-state index is 0.0972. The summed E-state index contributed by atoms with van der Waals surface area (Å²) >= 11 is 0. The smallest absolute Gasteiger partial charge is 0.108 e. The second kappa shape index (κ2) is 3.72.